The number of aliphatic hydroxyl groups is 11. The van der Waals surface area contributed by atoms with E-state index < -0.39 is 155 Å². The Labute approximate surface area is 580 Å². The summed E-state index contributed by atoms with van der Waals surface area (Å²) >= 11 is 0. The molecule has 0 bridgehead atoms. The van der Waals surface area contributed by atoms with Gasteiger partial charge < -0.3 is 100 Å². The first-order valence-corrected chi connectivity index (χ1v) is 37.9. The topological polar surface area (TPSA) is 373 Å². The Kier molecular flexibility index (Phi) is 48.8. The van der Waals surface area contributed by atoms with Crippen molar-refractivity contribution in [1.29, 1.82) is 0 Å². The molecule has 3 saturated heterocycles. The molecule has 2 amide bonds. The lowest BCUT2D eigenvalue weighted by Crippen LogP contribution is -2.70. The van der Waals surface area contributed by atoms with Gasteiger partial charge in [0.2, 0.25) is 11.8 Å². The first kappa shape index (κ1) is 88.2. The third-order valence-electron chi connectivity index (χ3n) is 19.1. The van der Waals surface area contributed by atoms with Crippen LogP contribution in [0.1, 0.15) is 278 Å². The molecule has 3 aliphatic rings. The SMILES string of the molecule is CCCCCCCCCCC/C=C\C/C=C\CCCCCCCCCCCCCCCC(=O)NC(COC1OC(CO)C(OC2OC(CO)C(O)C(OC3(C(=O)O)CC(O)C(NC(C)=O)C(C(O)C(O)CO)O3)C2O)C(O)C1O)C(O)/C=C/CCCCCCCCCCCCCC. The van der Waals surface area contributed by atoms with Crippen LogP contribution in [-0.2, 0) is 42.8 Å². The summed E-state index contributed by atoms with van der Waals surface area (Å²) in [4.78, 5) is 38.6. The van der Waals surface area contributed by atoms with Crippen LogP contribution in [0.15, 0.2) is 36.5 Å². The van der Waals surface area contributed by atoms with E-state index in [9.17, 15) is 75.7 Å². The molecule has 23 heteroatoms. The third-order valence-corrected chi connectivity index (χ3v) is 19.1. The fourth-order valence-corrected chi connectivity index (χ4v) is 13.0. The number of hydrogen-bond donors (Lipinski definition) is 14. The molecule has 18 unspecified atom stereocenters. The van der Waals surface area contributed by atoms with Gasteiger partial charge in [-0.25, -0.2) is 4.79 Å². The number of carboxylic acid groups (broad SMARTS) is 1. The van der Waals surface area contributed by atoms with Gasteiger partial charge in [-0.2, -0.15) is 0 Å². The molecule has 14 N–H and O–H groups in total. The molecule has 18 atom stereocenters. The summed E-state index contributed by atoms with van der Waals surface area (Å²) in [5.74, 6) is -6.14. The number of carboxylic acids is 1. The Morgan fingerprint density at radius 3 is 1.45 bits per heavy atom. The van der Waals surface area contributed by atoms with Gasteiger partial charge in [0.15, 0.2) is 12.6 Å². The highest BCUT2D eigenvalue weighted by atomic mass is 16.8. The van der Waals surface area contributed by atoms with Crippen LogP contribution in [0.4, 0.5) is 0 Å². The second-order valence-electron chi connectivity index (χ2n) is 27.5. The van der Waals surface area contributed by atoms with Crippen LogP contribution in [-0.4, -0.2) is 215 Å². The van der Waals surface area contributed by atoms with Gasteiger partial charge >= 0.3 is 5.97 Å². The molecule has 3 heterocycles. The minimum absolute atomic E-state index is 0.199. The summed E-state index contributed by atoms with van der Waals surface area (Å²) in [6.07, 6.45) is 29.1. The lowest BCUT2D eigenvalue weighted by molar-refractivity contribution is -0.386. The first-order valence-electron chi connectivity index (χ1n) is 37.9. The molecule has 0 aliphatic carbocycles. The molecule has 3 aliphatic heterocycles. The van der Waals surface area contributed by atoms with Crippen molar-refractivity contribution in [3.05, 3.63) is 36.5 Å². The van der Waals surface area contributed by atoms with Gasteiger partial charge in [-0.1, -0.05) is 243 Å². The van der Waals surface area contributed by atoms with E-state index in [1.54, 1.807) is 6.08 Å². The van der Waals surface area contributed by atoms with Crippen LogP contribution in [0.5, 0.6) is 0 Å². The number of rotatable bonds is 58. The van der Waals surface area contributed by atoms with E-state index in [0.29, 0.717) is 12.8 Å². The Morgan fingerprint density at radius 1 is 0.546 bits per heavy atom. The average Bonchev–Trinajstić information content (AvgIpc) is 0.758. The Morgan fingerprint density at radius 2 is 1.00 bits per heavy atom. The standard InChI is InChI=1S/C74H134N2O21/c1-4-6-8-10-12-14-16-18-20-21-22-23-24-25-26-27-28-29-30-31-32-33-34-36-38-40-42-44-46-48-61(84)76-55(56(81)47-45-43-41-39-37-35-19-17-15-13-11-9-7-5-2)53-92-71-66(88)65(87)68(60(52-79)94-71)95-72-67(89)70(64(86)59(51-78)93-72)97-74(73(90)91)49-57(82)62(75-54(3)80)69(96-74)63(85)58(83)50-77/h22-23,25-26,45,47,55-60,62-72,77-79,81-83,85-89H,4-21,24,27-44,46,48-53H2,1-3H3,(H,75,80)(H,76,84)(H,90,91)/b23-22-,26-25-,47-45+. The minimum Gasteiger partial charge on any atom is -0.477 e. The number of allylic oxidation sites excluding steroid dienone is 5. The van der Waals surface area contributed by atoms with Gasteiger partial charge in [0.05, 0.1) is 50.7 Å². The number of unbranched alkanes of at least 4 members (excludes halogenated alkanes) is 34. The lowest BCUT2D eigenvalue weighted by atomic mass is 9.88. The highest BCUT2D eigenvalue weighted by Crippen LogP contribution is 2.39. The van der Waals surface area contributed by atoms with Gasteiger partial charge in [-0.05, 0) is 51.4 Å². The van der Waals surface area contributed by atoms with Crippen molar-refractivity contribution in [1.82, 2.24) is 10.6 Å². The van der Waals surface area contributed by atoms with Crippen LogP contribution >= 0.6 is 0 Å². The number of ether oxygens (including phenoxy) is 6. The molecular formula is C74H134N2O21. The van der Waals surface area contributed by atoms with E-state index in [2.05, 4.69) is 48.8 Å². The van der Waals surface area contributed by atoms with Gasteiger partial charge in [0, 0.05) is 19.8 Å². The normalized spacial score (nSPS) is 27.6. The summed E-state index contributed by atoms with van der Waals surface area (Å²) in [6.45, 7) is 2.14. The fourth-order valence-electron chi connectivity index (χ4n) is 13.0. The monoisotopic (exact) mass is 1390 g/mol. The minimum atomic E-state index is -3.08. The van der Waals surface area contributed by atoms with E-state index in [1.807, 2.05) is 6.08 Å². The molecule has 0 saturated carbocycles. The zero-order valence-electron chi connectivity index (χ0n) is 59.4. The second kappa shape index (κ2) is 53.7. The van der Waals surface area contributed by atoms with Crippen LogP contribution in [0.2, 0.25) is 0 Å². The smallest absolute Gasteiger partial charge is 0.364 e. The zero-order valence-corrected chi connectivity index (χ0v) is 59.4. The maximum absolute atomic E-state index is 13.5. The molecule has 23 nitrogen and oxygen atoms in total. The van der Waals surface area contributed by atoms with Crippen LogP contribution < -0.4 is 10.6 Å². The molecule has 3 fully saturated rings. The van der Waals surface area contributed by atoms with Crippen molar-refractivity contribution in [2.45, 2.75) is 387 Å². The highest BCUT2D eigenvalue weighted by Gasteiger charge is 2.60. The zero-order chi connectivity index (χ0) is 71.1. The van der Waals surface area contributed by atoms with Gasteiger partial charge in [-0.3, -0.25) is 9.59 Å². The first-order chi connectivity index (χ1) is 46.9. The van der Waals surface area contributed by atoms with Gasteiger partial charge in [-0.15, -0.1) is 0 Å². The van der Waals surface area contributed by atoms with Crippen molar-refractivity contribution in [2.24, 2.45) is 0 Å². The molecule has 3 rings (SSSR count). The fraction of sp³-hybridized carbons (Fsp3) is 0.878. The van der Waals surface area contributed by atoms with E-state index in [0.717, 1.165) is 64.7 Å². The molecule has 97 heavy (non-hydrogen) atoms. The Balaban J connectivity index is 1.51. The van der Waals surface area contributed by atoms with E-state index in [1.165, 1.54) is 173 Å². The number of aliphatic hydroxyl groups excluding tert-OH is 11. The van der Waals surface area contributed by atoms with Gasteiger partial charge in [0.25, 0.3) is 5.79 Å². The van der Waals surface area contributed by atoms with Crippen molar-refractivity contribution in [3.8, 4) is 0 Å². The van der Waals surface area contributed by atoms with E-state index in [4.69, 9.17) is 28.4 Å². The molecule has 0 aromatic heterocycles. The maximum Gasteiger partial charge on any atom is 0.364 e. The summed E-state index contributed by atoms with van der Waals surface area (Å²) in [6, 6.07) is -2.62. The number of hydrogen-bond acceptors (Lipinski definition) is 20. The molecule has 566 valence electrons. The van der Waals surface area contributed by atoms with Crippen molar-refractivity contribution in [2.75, 3.05) is 26.4 Å². The summed E-state index contributed by atoms with van der Waals surface area (Å²) in [7, 11) is 0. The lowest BCUT2D eigenvalue weighted by Gasteiger charge is -2.50. The summed E-state index contributed by atoms with van der Waals surface area (Å²) in [5.41, 5.74) is 0. The number of carbonyl (C=O) groups excluding carboxylic acids is 2. The number of amides is 2. The molecule has 0 spiro atoms. The maximum atomic E-state index is 13.5. The average molecular weight is 1390 g/mol. The molecular weight excluding hydrogens is 1250 g/mol. The highest BCUT2D eigenvalue weighted by molar-refractivity contribution is 5.77. The second-order valence-corrected chi connectivity index (χ2v) is 27.5. The van der Waals surface area contributed by atoms with Crippen LogP contribution in [0, 0.1) is 0 Å². The Hall–Kier alpha value is -3.05. The van der Waals surface area contributed by atoms with Crippen molar-refractivity contribution in [3.63, 3.8) is 0 Å². The molecule has 0 radical (unpaired) electrons. The quantitative estimate of drug-likeness (QED) is 0.0200. The largest absolute Gasteiger partial charge is 0.477 e. The Bertz CT molecular complexity index is 2090. The van der Waals surface area contributed by atoms with E-state index >= 15 is 0 Å². The van der Waals surface area contributed by atoms with Crippen LogP contribution in [0.3, 0.4) is 0 Å². The van der Waals surface area contributed by atoms with Crippen molar-refractivity contribution < 1.29 is 104 Å². The number of nitrogens with one attached hydrogen (secondary N) is 2. The molecule has 0 aromatic rings. The predicted octanol–water partition coefficient (Wildman–Crippen LogP) is 8.57. The summed E-state index contributed by atoms with van der Waals surface area (Å²) in [5, 5.41) is 136. The number of carbonyl (C=O) groups is 3. The van der Waals surface area contributed by atoms with Gasteiger partial charge in [0.1, 0.15) is 67.1 Å². The molecule has 0 aromatic carbocycles. The predicted molar refractivity (Wildman–Crippen MR) is 371 cm³/mol. The third kappa shape index (κ3) is 35.1. The van der Waals surface area contributed by atoms with Crippen molar-refractivity contribution >= 4 is 17.8 Å². The van der Waals surface area contributed by atoms with E-state index in [-0.39, 0.29) is 12.3 Å². The number of aliphatic carboxylic acids is 1. The summed E-state index contributed by atoms with van der Waals surface area (Å²) < 4.78 is 34.8. The van der Waals surface area contributed by atoms with Crippen LogP contribution in [0.25, 0.3) is 0 Å².